The Morgan fingerprint density at radius 3 is 1.38 bits per heavy atom. The first kappa shape index (κ1) is 11.9. The first-order chi connectivity index (χ1) is 7.76. The largest absolute Gasteiger partial charge is 0.280 e. The Morgan fingerprint density at radius 2 is 1.19 bits per heavy atom. The lowest BCUT2D eigenvalue weighted by atomic mass is 10.2. The second-order valence-electron chi connectivity index (χ2n) is 3.20. The number of nitrogens with zero attached hydrogens (tertiary/aromatic N) is 4. The van der Waals surface area contributed by atoms with Gasteiger partial charge in [-0.15, -0.1) is 0 Å². The number of hydrogen-bond donors (Lipinski definition) is 0. The average Bonchev–Trinajstić information content (AvgIpc) is 2.34. The summed E-state index contributed by atoms with van der Waals surface area (Å²) in [6.45, 7) is 5.13. The molecule has 0 atom stereocenters. The van der Waals surface area contributed by atoms with Crippen molar-refractivity contribution in [3.05, 3.63) is 24.3 Å². The maximum atomic E-state index is 8.86. The first-order valence-corrected chi connectivity index (χ1v) is 5.21. The van der Waals surface area contributed by atoms with E-state index in [1.165, 1.54) is 0 Å². The molecule has 0 saturated carbocycles. The molecule has 0 aromatic heterocycles. The number of nitriles is 2. The molecule has 1 aromatic rings. The zero-order valence-electron chi connectivity index (χ0n) is 9.51. The molecular formula is C12H14N4. The van der Waals surface area contributed by atoms with Crippen LogP contribution in [0.15, 0.2) is 24.3 Å². The molecule has 0 amide bonds. The fourth-order valence-corrected chi connectivity index (χ4v) is 1.43. The molecule has 0 spiro atoms. The van der Waals surface area contributed by atoms with Gasteiger partial charge in [0.05, 0.1) is 11.4 Å². The molecule has 4 nitrogen and oxygen atoms in total. The molecule has 1 rings (SSSR count). The van der Waals surface area contributed by atoms with Crippen LogP contribution in [0.2, 0.25) is 0 Å². The lowest BCUT2D eigenvalue weighted by Crippen LogP contribution is -2.17. The minimum absolute atomic E-state index is 0.644. The Labute approximate surface area is 95.9 Å². The van der Waals surface area contributed by atoms with Gasteiger partial charge >= 0.3 is 0 Å². The van der Waals surface area contributed by atoms with Crippen molar-refractivity contribution in [3.63, 3.8) is 0 Å². The average molecular weight is 214 g/mol. The van der Waals surface area contributed by atoms with Crippen LogP contribution in [0.25, 0.3) is 0 Å². The van der Waals surface area contributed by atoms with Crippen molar-refractivity contribution >= 4 is 11.4 Å². The van der Waals surface area contributed by atoms with Crippen molar-refractivity contribution in [1.82, 2.24) is 0 Å². The number of rotatable bonds is 4. The summed E-state index contributed by atoms with van der Waals surface area (Å²) in [6, 6.07) is 7.40. The lowest BCUT2D eigenvalue weighted by molar-refractivity contribution is 1.01. The van der Waals surface area contributed by atoms with Crippen LogP contribution in [-0.4, -0.2) is 13.1 Å². The Bertz CT molecular complexity index is 369. The minimum Gasteiger partial charge on any atom is -0.280 e. The maximum Gasteiger partial charge on any atom is 0.184 e. The van der Waals surface area contributed by atoms with Gasteiger partial charge in [0.1, 0.15) is 0 Å². The summed E-state index contributed by atoms with van der Waals surface area (Å²) in [5, 5.41) is 17.7. The third kappa shape index (κ3) is 2.43. The molecule has 0 aliphatic heterocycles. The van der Waals surface area contributed by atoms with Crippen LogP contribution in [0, 0.1) is 22.9 Å². The minimum atomic E-state index is 0.644. The maximum absolute atomic E-state index is 8.86. The van der Waals surface area contributed by atoms with Gasteiger partial charge in [0, 0.05) is 13.1 Å². The second kappa shape index (κ2) is 5.63. The van der Waals surface area contributed by atoms with Crippen molar-refractivity contribution in [2.24, 2.45) is 0 Å². The third-order valence-electron chi connectivity index (χ3n) is 2.35. The van der Waals surface area contributed by atoms with E-state index in [0.29, 0.717) is 13.1 Å². The molecule has 0 fully saturated rings. The predicted octanol–water partition coefficient (Wildman–Crippen LogP) is 2.30. The number of anilines is 2. The van der Waals surface area contributed by atoms with Crippen LogP contribution in [0.5, 0.6) is 0 Å². The molecule has 0 heterocycles. The van der Waals surface area contributed by atoms with E-state index < -0.39 is 0 Å². The topological polar surface area (TPSA) is 54.1 Å². The van der Waals surface area contributed by atoms with Gasteiger partial charge in [0.2, 0.25) is 0 Å². The number of hydrogen-bond acceptors (Lipinski definition) is 4. The zero-order chi connectivity index (χ0) is 12.0. The van der Waals surface area contributed by atoms with Gasteiger partial charge in [-0.05, 0) is 38.1 Å². The van der Waals surface area contributed by atoms with Gasteiger partial charge in [-0.2, -0.15) is 10.5 Å². The third-order valence-corrected chi connectivity index (χ3v) is 2.35. The van der Waals surface area contributed by atoms with Gasteiger partial charge < -0.3 is 0 Å². The van der Waals surface area contributed by atoms with Crippen LogP contribution < -0.4 is 9.80 Å². The Hall–Kier alpha value is -2.20. The van der Waals surface area contributed by atoms with Gasteiger partial charge in [-0.3, -0.25) is 9.80 Å². The van der Waals surface area contributed by atoms with Crippen molar-refractivity contribution in [1.29, 1.82) is 10.5 Å². The number of benzene rings is 1. The van der Waals surface area contributed by atoms with Gasteiger partial charge in [0.15, 0.2) is 12.4 Å². The normalized spacial score (nSPS) is 9.00. The molecular weight excluding hydrogens is 200 g/mol. The molecule has 1 aromatic carbocycles. The molecule has 0 aliphatic carbocycles. The van der Waals surface area contributed by atoms with E-state index in [9.17, 15) is 0 Å². The fourth-order valence-electron chi connectivity index (χ4n) is 1.43. The highest BCUT2D eigenvalue weighted by molar-refractivity contribution is 5.59. The Morgan fingerprint density at radius 1 is 0.875 bits per heavy atom. The van der Waals surface area contributed by atoms with E-state index in [1.54, 1.807) is 9.80 Å². The summed E-state index contributed by atoms with van der Waals surface area (Å²) in [7, 11) is 0. The summed E-state index contributed by atoms with van der Waals surface area (Å²) in [5.74, 6) is 0. The van der Waals surface area contributed by atoms with Crippen molar-refractivity contribution < 1.29 is 0 Å². The highest BCUT2D eigenvalue weighted by Gasteiger charge is 2.05. The van der Waals surface area contributed by atoms with Crippen molar-refractivity contribution in [2.45, 2.75) is 13.8 Å². The molecule has 82 valence electrons. The van der Waals surface area contributed by atoms with E-state index in [-0.39, 0.29) is 0 Å². The van der Waals surface area contributed by atoms with Crippen LogP contribution >= 0.6 is 0 Å². The van der Waals surface area contributed by atoms with Crippen LogP contribution in [-0.2, 0) is 0 Å². The molecule has 4 heteroatoms. The molecule has 16 heavy (non-hydrogen) atoms. The highest BCUT2D eigenvalue weighted by atomic mass is 15.1. The van der Waals surface area contributed by atoms with Crippen molar-refractivity contribution in [2.75, 3.05) is 22.9 Å². The van der Waals surface area contributed by atoms with E-state index in [4.69, 9.17) is 10.5 Å². The van der Waals surface area contributed by atoms with Gasteiger partial charge in [-0.25, -0.2) is 0 Å². The Balaban J connectivity index is 2.92. The highest BCUT2D eigenvalue weighted by Crippen LogP contribution is 2.19. The molecule has 0 saturated heterocycles. The fraction of sp³-hybridized carbons (Fsp3) is 0.333. The lowest BCUT2D eigenvalue weighted by Gasteiger charge is -2.16. The summed E-state index contributed by atoms with van der Waals surface area (Å²) in [4.78, 5) is 3.18. The van der Waals surface area contributed by atoms with Crippen LogP contribution in [0.1, 0.15) is 13.8 Å². The van der Waals surface area contributed by atoms with Crippen LogP contribution in [0.3, 0.4) is 0 Å². The quantitative estimate of drug-likeness (QED) is 0.570. The molecule has 0 aliphatic rings. The molecule has 0 unspecified atom stereocenters. The van der Waals surface area contributed by atoms with E-state index >= 15 is 0 Å². The van der Waals surface area contributed by atoms with Gasteiger partial charge in [-0.1, -0.05) is 0 Å². The molecule has 0 bridgehead atoms. The smallest absolute Gasteiger partial charge is 0.184 e. The standard InChI is InChI=1S/C12H14N4/c1-3-15(9-13)11-5-7-12(8-6-11)16(4-2)10-14/h5-8H,3-4H2,1-2H3. The monoisotopic (exact) mass is 214 g/mol. The molecule has 0 radical (unpaired) electrons. The van der Waals surface area contributed by atoms with Crippen LogP contribution in [0.4, 0.5) is 11.4 Å². The summed E-state index contributed by atoms with van der Waals surface area (Å²) < 4.78 is 0. The zero-order valence-corrected chi connectivity index (χ0v) is 9.51. The van der Waals surface area contributed by atoms with Crippen molar-refractivity contribution in [3.8, 4) is 12.4 Å². The summed E-state index contributed by atoms with van der Waals surface area (Å²) in [6.07, 6.45) is 4.20. The predicted molar refractivity (Wildman–Crippen MR) is 63.7 cm³/mol. The summed E-state index contributed by atoms with van der Waals surface area (Å²) >= 11 is 0. The Kier molecular flexibility index (Phi) is 4.17. The van der Waals surface area contributed by atoms with E-state index in [0.717, 1.165) is 11.4 Å². The van der Waals surface area contributed by atoms with E-state index in [2.05, 4.69) is 12.4 Å². The SMILES string of the molecule is CCN(C#N)c1ccc(N(C#N)CC)cc1. The van der Waals surface area contributed by atoms with Gasteiger partial charge in [0.25, 0.3) is 0 Å². The summed E-state index contributed by atoms with van der Waals surface area (Å²) in [5.41, 5.74) is 1.70. The van der Waals surface area contributed by atoms with E-state index in [1.807, 2.05) is 38.1 Å². The second-order valence-corrected chi connectivity index (χ2v) is 3.20. The molecule has 0 N–H and O–H groups in total. The first-order valence-electron chi connectivity index (χ1n) is 5.21.